The van der Waals surface area contributed by atoms with Gasteiger partial charge in [0.2, 0.25) is 0 Å². The first-order valence-electron chi connectivity index (χ1n) is 6.96. The summed E-state index contributed by atoms with van der Waals surface area (Å²) in [7, 11) is -0.420. The highest BCUT2D eigenvalue weighted by atomic mass is 32.2. The molecular weight excluding hydrogens is 378 g/mol. The molecule has 0 atom stereocenters. The molecule has 1 saturated heterocycles. The Hall–Kier alpha value is -0.520. The molecule has 11 heteroatoms. The van der Waals surface area contributed by atoms with Gasteiger partial charge in [-0.3, -0.25) is 4.21 Å². The maximum absolute atomic E-state index is 10.4. The van der Waals surface area contributed by atoms with Gasteiger partial charge in [0.15, 0.2) is 0 Å². The molecule has 1 rings (SSSR count). The van der Waals surface area contributed by atoms with E-state index in [2.05, 4.69) is 0 Å². The van der Waals surface area contributed by atoms with Gasteiger partial charge in [-0.2, -0.15) is 0 Å². The molecule has 0 N–H and O–H groups in total. The van der Waals surface area contributed by atoms with Gasteiger partial charge in [-0.05, 0) is 12.8 Å². The number of carboxylic acids is 1. The van der Waals surface area contributed by atoms with E-state index in [0.717, 1.165) is 25.4 Å². The summed E-state index contributed by atoms with van der Waals surface area (Å²) in [6, 6.07) is 0. The number of nitrogens with zero attached hydrogens (tertiary/aromatic N) is 1. The zero-order valence-electron chi connectivity index (χ0n) is 15.6. The van der Waals surface area contributed by atoms with Crippen molar-refractivity contribution >= 4 is 36.4 Å². The highest BCUT2D eigenvalue weighted by Gasteiger charge is 2.16. The molecule has 0 aromatic rings. The third kappa shape index (κ3) is 49.6. The number of rotatable bonds is 2. The third-order valence-electron chi connectivity index (χ3n) is 1.76. The van der Waals surface area contributed by atoms with Crippen LogP contribution < -0.4 is 5.11 Å². The predicted molar refractivity (Wildman–Crippen MR) is 96.6 cm³/mol. The average molecular weight is 410 g/mol. The van der Waals surface area contributed by atoms with E-state index in [1.54, 1.807) is 33.7 Å². The smallest absolute Gasteiger partial charge is 0.150 e. The topological polar surface area (TPSA) is 125 Å². The van der Waals surface area contributed by atoms with Crippen molar-refractivity contribution in [2.75, 3.05) is 64.2 Å². The van der Waals surface area contributed by atoms with Crippen LogP contribution in [0, 0.1) is 0 Å². The minimum Gasteiger partial charge on any atom is -0.544 e. The van der Waals surface area contributed by atoms with Crippen molar-refractivity contribution in [2.24, 2.45) is 0 Å². The quantitative estimate of drug-likeness (QED) is 0.497. The summed E-state index contributed by atoms with van der Waals surface area (Å²) in [5.41, 5.74) is 0. The van der Waals surface area contributed by atoms with E-state index >= 15 is 0 Å². The molecule has 0 aromatic heterocycles. The molecule has 8 nitrogen and oxygen atoms in total. The second kappa shape index (κ2) is 12.8. The van der Waals surface area contributed by atoms with Crippen LogP contribution in [0.15, 0.2) is 0 Å². The van der Waals surface area contributed by atoms with Crippen molar-refractivity contribution in [3.8, 4) is 0 Å². The minimum atomic E-state index is -2.67. The Kier molecular flexibility index (Phi) is 15.1. The second-order valence-electron chi connectivity index (χ2n) is 6.56. The molecule has 148 valence electrons. The van der Waals surface area contributed by atoms with Crippen LogP contribution in [-0.4, -0.2) is 95.7 Å². The van der Waals surface area contributed by atoms with Crippen LogP contribution in [0.1, 0.15) is 12.8 Å². The fourth-order valence-corrected chi connectivity index (χ4v) is 2.63. The van der Waals surface area contributed by atoms with E-state index in [4.69, 9.17) is 0 Å². The van der Waals surface area contributed by atoms with Crippen LogP contribution in [0.5, 0.6) is 0 Å². The van der Waals surface area contributed by atoms with Crippen molar-refractivity contribution < 1.29 is 35.4 Å². The van der Waals surface area contributed by atoms with Crippen LogP contribution in [0.2, 0.25) is 0 Å². The summed E-state index contributed by atoms with van der Waals surface area (Å²) in [6.45, 7) is 0.0694. The zero-order valence-corrected chi connectivity index (χ0v) is 18.0. The lowest BCUT2D eigenvalue weighted by Gasteiger charge is -2.23. The van der Waals surface area contributed by atoms with Gasteiger partial charge in [-0.15, -0.1) is 0 Å². The lowest BCUT2D eigenvalue weighted by atomic mass is 10.4. The molecule has 0 aliphatic carbocycles. The average Bonchev–Trinajstić information content (AvgIpc) is 2.55. The SMILES string of the molecule is CS(C)(=O)=O.CS(C)=O.C[N+](C)(C)CC(=O)[O-].O=S1(=O)CCCC1. The fourth-order valence-electron chi connectivity index (χ4n) is 1.13. The zero-order chi connectivity index (χ0) is 20.2. The standard InChI is InChI=1S/C5H11NO2.C4H8O2S.C2H6O2S.C2H6OS/c1-6(2,3)4-5(7)8;5-7(6)3-1-2-4-7;1-5(2,3)4;1-4(2)3/h4H2,1-3H3;1-4H2;1-2H3;1-2H3. The molecule has 0 radical (unpaired) electrons. The Morgan fingerprint density at radius 3 is 1.38 bits per heavy atom. The summed E-state index contributed by atoms with van der Waals surface area (Å²) in [6.07, 6.45) is 7.35. The summed E-state index contributed by atoms with van der Waals surface area (Å²) in [4.78, 5) is 9.89. The molecular formula is C13H31NO7S3. The van der Waals surface area contributed by atoms with Crippen LogP contribution in [0.3, 0.4) is 0 Å². The first-order chi connectivity index (χ1) is 10.4. The van der Waals surface area contributed by atoms with Gasteiger partial charge in [-0.1, -0.05) is 0 Å². The number of likely N-dealkylation sites (N-methyl/N-ethyl adjacent to an activating group) is 1. The number of carbonyl (C=O) groups is 1. The van der Waals surface area contributed by atoms with Gasteiger partial charge >= 0.3 is 0 Å². The molecule has 1 heterocycles. The minimum absolute atomic E-state index is 0.0694. The van der Waals surface area contributed by atoms with E-state index in [-0.39, 0.29) is 6.54 Å². The maximum atomic E-state index is 10.4. The fraction of sp³-hybridized carbons (Fsp3) is 0.923. The van der Waals surface area contributed by atoms with Crippen molar-refractivity contribution in [2.45, 2.75) is 12.8 Å². The Morgan fingerprint density at radius 2 is 1.33 bits per heavy atom. The second-order valence-corrected chi connectivity index (χ2v) is 12.6. The number of quaternary nitrogens is 1. The maximum Gasteiger partial charge on any atom is 0.150 e. The number of sulfone groups is 2. The van der Waals surface area contributed by atoms with E-state index in [1.165, 1.54) is 0 Å². The Morgan fingerprint density at radius 1 is 1.08 bits per heavy atom. The molecule has 0 unspecified atom stereocenters. The number of hydrogen-bond acceptors (Lipinski definition) is 7. The highest BCUT2D eigenvalue weighted by Crippen LogP contribution is 2.08. The molecule has 1 aliphatic rings. The lowest BCUT2D eigenvalue weighted by molar-refractivity contribution is -0.864. The number of carboxylic acid groups (broad SMARTS) is 1. The summed E-state index contributed by atoms with van der Waals surface area (Å²) >= 11 is 0. The molecule has 24 heavy (non-hydrogen) atoms. The largest absolute Gasteiger partial charge is 0.544 e. The molecule has 1 aliphatic heterocycles. The first-order valence-corrected chi connectivity index (χ1v) is 13.1. The molecule has 0 bridgehead atoms. The van der Waals surface area contributed by atoms with Crippen LogP contribution in [-0.2, 0) is 35.3 Å². The molecule has 0 amide bonds. The van der Waals surface area contributed by atoms with E-state index < -0.39 is 36.4 Å². The van der Waals surface area contributed by atoms with Crippen LogP contribution in [0.25, 0.3) is 0 Å². The summed E-state index contributed by atoms with van der Waals surface area (Å²) in [5, 5.41) is 9.89. The Balaban J connectivity index is -0.000000254. The van der Waals surface area contributed by atoms with Gasteiger partial charge in [0.1, 0.15) is 26.2 Å². The number of carbonyl (C=O) groups excluding carboxylic acids is 1. The molecule has 0 aromatic carbocycles. The van der Waals surface area contributed by atoms with Gasteiger partial charge in [0, 0.05) is 35.8 Å². The number of hydrogen-bond donors (Lipinski definition) is 0. The summed E-state index contributed by atoms with van der Waals surface area (Å²) in [5.74, 6) is -0.155. The van der Waals surface area contributed by atoms with Gasteiger partial charge in [0.05, 0.1) is 38.6 Å². The normalized spacial score (nSPS) is 15.8. The van der Waals surface area contributed by atoms with Crippen LogP contribution in [0.4, 0.5) is 0 Å². The monoisotopic (exact) mass is 409 g/mol. The van der Waals surface area contributed by atoms with Crippen molar-refractivity contribution in [1.82, 2.24) is 0 Å². The third-order valence-corrected chi connectivity index (χ3v) is 3.59. The van der Waals surface area contributed by atoms with Crippen molar-refractivity contribution in [3.63, 3.8) is 0 Å². The number of aliphatic carboxylic acids is 1. The van der Waals surface area contributed by atoms with Gasteiger partial charge in [-0.25, -0.2) is 16.8 Å². The summed E-state index contributed by atoms with van der Waals surface area (Å²) < 4.78 is 50.1. The van der Waals surface area contributed by atoms with E-state index in [9.17, 15) is 30.9 Å². The van der Waals surface area contributed by atoms with Gasteiger partial charge in [0.25, 0.3) is 0 Å². The molecule has 0 saturated carbocycles. The Bertz CT molecular complexity index is 551. The highest BCUT2D eigenvalue weighted by molar-refractivity contribution is 7.91. The van der Waals surface area contributed by atoms with E-state index in [1.807, 2.05) is 0 Å². The van der Waals surface area contributed by atoms with Crippen molar-refractivity contribution in [1.29, 1.82) is 0 Å². The van der Waals surface area contributed by atoms with Crippen molar-refractivity contribution in [3.05, 3.63) is 0 Å². The molecule has 1 fully saturated rings. The predicted octanol–water partition coefficient (Wildman–Crippen LogP) is -1.71. The lowest BCUT2D eigenvalue weighted by Crippen LogP contribution is -2.45. The van der Waals surface area contributed by atoms with Crippen LogP contribution >= 0.6 is 0 Å². The molecule has 0 spiro atoms. The Labute approximate surface area is 149 Å². The van der Waals surface area contributed by atoms with Gasteiger partial charge < -0.3 is 14.4 Å². The first kappa shape index (κ1) is 28.3. The van der Waals surface area contributed by atoms with E-state index in [0.29, 0.717) is 16.0 Å².